The molecule has 6 heteroatoms. The SMILES string of the molecule is CC(c1ccc(F)c(F)c1)N(C)c1ccc(Cl)c(C#N)n1. The molecule has 1 atom stereocenters. The van der Waals surface area contributed by atoms with Crippen LogP contribution >= 0.6 is 11.6 Å². The lowest BCUT2D eigenvalue weighted by molar-refractivity contribution is 0.505. The Hall–Kier alpha value is -2.19. The number of benzene rings is 1. The zero-order valence-corrected chi connectivity index (χ0v) is 12.2. The van der Waals surface area contributed by atoms with E-state index < -0.39 is 11.6 Å². The van der Waals surface area contributed by atoms with Gasteiger partial charge >= 0.3 is 0 Å². The quantitative estimate of drug-likeness (QED) is 0.857. The number of anilines is 1. The Labute approximate surface area is 126 Å². The summed E-state index contributed by atoms with van der Waals surface area (Å²) in [4.78, 5) is 5.90. The fraction of sp³-hybridized carbons (Fsp3) is 0.200. The first kappa shape index (κ1) is 15.2. The standard InChI is InChI=1S/C15H12ClF2N3/c1-9(10-3-5-12(17)13(18)7-10)21(2)15-6-4-11(16)14(8-19)20-15/h3-7,9H,1-2H3. The van der Waals surface area contributed by atoms with Crippen LogP contribution in [0.5, 0.6) is 0 Å². The van der Waals surface area contributed by atoms with Crippen LogP contribution in [0.15, 0.2) is 30.3 Å². The first-order chi connectivity index (χ1) is 9.93. The molecule has 0 saturated carbocycles. The van der Waals surface area contributed by atoms with E-state index in [0.29, 0.717) is 11.4 Å². The van der Waals surface area contributed by atoms with Gasteiger partial charge in [0, 0.05) is 7.05 Å². The van der Waals surface area contributed by atoms with Crippen LogP contribution in [0, 0.1) is 23.0 Å². The summed E-state index contributed by atoms with van der Waals surface area (Å²) in [6, 6.07) is 8.66. The molecule has 2 aromatic rings. The first-order valence-corrected chi connectivity index (χ1v) is 6.56. The maximum Gasteiger partial charge on any atom is 0.161 e. The fourth-order valence-electron chi connectivity index (χ4n) is 1.90. The van der Waals surface area contributed by atoms with Crippen molar-refractivity contribution in [2.24, 2.45) is 0 Å². The van der Waals surface area contributed by atoms with E-state index in [1.807, 2.05) is 13.0 Å². The first-order valence-electron chi connectivity index (χ1n) is 6.18. The Balaban J connectivity index is 2.32. The van der Waals surface area contributed by atoms with Crippen molar-refractivity contribution in [3.05, 3.63) is 58.2 Å². The zero-order valence-electron chi connectivity index (χ0n) is 11.4. The van der Waals surface area contributed by atoms with Crippen LogP contribution in [0.1, 0.15) is 24.2 Å². The molecule has 1 aromatic heterocycles. The summed E-state index contributed by atoms with van der Waals surface area (Å²) in [5, 5.41) is 9.21. The normalized spacial score (nSPS) is 11.8. The van der Waals surface area contributed by atoms with Gasteiger partial charge in [0.2, 0.25) is 0 Å². The summed E-state index contributed by atoms with van der Waals surface area (Å²) in [7, 11) is 1.75. The van der Waals surface area contributed by atoms with Gasteiger partial charge in [-0.25, -0.2) is 13.8 Å². The maximum absolute atomic E-state index is 13.3. The van der Waals surface area contributed by atoms with Crippen LogP contribution in [0.2, 0.25) is 5.02 Å². The number of hydrogen-bond acceptors (Lipinski definition) is 3. The topological polar surface area (TPSA) is 39.9 Å². The van der Waals surface area contributed by atoms with Crippen molar-refractivity contribution in [3.63, 3.8) is 0 Å². The second-order valence-electron chi connectivity index (χ2n) is 4.57. The van der Waals surface area contributed by atoms with Crippen molar-refractivity contribution in [2.45, 2.75) is 13.0 Å². The number of nitriles is 1. The number of pyridine rings is 1. The third-order valence-electron chi connectivity index (χ3n) is 3.31. The smallest absolute Gasteiger partial charge is 0.161 e. The highest BCUT2D eigenvalue weighted by Crippen LogP contribution is 2.26. The maximum atomic E-state index is 13.3. The van der Waals surface area contributed by atoms with Gasteiger partial charge in [0.05, 0.1) is 11.1 Å². The molecule has 0 N–H and O–H groups in total. The van der Waals surface area contributed by atoms with Gasteiger partial charge in [-0.15, -0.1) is 0 Å². The minimum atomic E-state index is -0.894. The van der Waals surface area contributed by atoms with Crippen LogP contribution in [0.4, 0.5) is 14.6 Å². The summed E-state index contributed by atoms with van der Waals surface area (Å²) in [6.45, 7) is 1.83. The molecule has 0 aliphatic rings. The molecule has 0 amide bonds. The van der Waals surface area contributed by atoms with Crippen LogP contribution in [0.3, 0.4) is 0 Å². The van der Waals surface area contributed by atoms with E-state index >= 15 is 0 Å². The average molecular weight is 308 g/mol. The Morgan fingerprint density at radius 2 is 1.95 bits per heavy atom. The molecule has 1 unspecified atom stereocenters. The van der Waals surface area contributed by atoms with Gasteiger partial charge in [-0.05, 0) is 36.8 Å². The number of hydrogen-bond donors (Lipinski definition) is 0. The number of aromatic nitrogens is 1. The molecule has 1 aromatic carbocycles. The summed E-state index contributed by atoms with van der Waals surface area (Å²) in [5.41, 5.74) is 0.727. The zero-order chi connectivity index (χ0) is 15.6. The van der Waals surface area contributed by atoms with E-state index in [0.717, 1.165) is 12.1 Å². The van der Waals surface area contributed by atoms with Gasteiger partial charge < -0.3 is 4.90 Å². The van der Waals surface area contributed by atoms with Gasteiger partial charge in [0.25, 0.3) is 0 Å². The Kier molecular flexibility index (Phi) is 4.39. The molecule has 0 radical (unpaired) electrons. The van der Waals surface area contributed by atoms with Gasteiger partial charge in [-0.2, -0.15) is 5.26 Å². The number of rotatable bonds is 3. The largest absolute Gasteiger partial charge is 0.353 e. The molecular formula is C15H12ClF2N3. The molecule has 21 heavy (non-hydrogen) atoms. The second-order valence-corrected chi connectivity index (χ2v) is 4.98. The molecule has 108 valence electrons. The van der Waals surface area contributed by atoms with Gasteiger partial charge in [-0.3, -0.25) is 0 Å². The third-order valence-corrected chi connectivity index (χ3v) is 3.61. The molecule has 1 heterocycles. The lowest BCUT2D eigenvalue weighted by Crippen LogP contribution is -2.23. The van der Waals surface area contributed by atoms with Gasteiger partial charge in [0.15, 0.2) is 17.3 Å². The van der Waals surface area contributed by atoms with Crippen molar-refractivity contribution in [2.75, 3.05) is 11.9 Å². The molecule has 0 aliphatic heterocycles. The monoisotopic (exact) mass is 307 g/mol. The number of halogens is 3. The van der Waals surface area contributed by atoms with Gasteiger partial charge in [0.1, 0.15) is 11.9 Å². The molecule has 0 spiro atoms. The van der Waals surface area contributed by atoms with E-state index in [4.69, 9.17) is 16.9 Å². The summed E-state index contributed by atoms with van der Waals surface area (Å²) >= 11 is 5.84. The van der Waals surface area contributed by atoms with Crippen LogP contribution in [-0.4, -0.2) is 12.0 Å². The molecule has 0 bridgehead atoms. The Bertz CT molecular complexity index is 713. The highest BCUT2D eigenvalue weighted by atomic mass is 35.5. The third kappa shape index (κ3) is 3.11. The van der Waals surface area contributed by atoms with E-state index in [-0.39, 0.29) is 16.8 Å². The molecule has 2 rings (SSSR count). The average Bonchev–Trinajstić information content (AvgIpc) is 2.49. The number of nitrogens with zero attached hydrogens (tertiary/aromatic N) is 3. The molecular weight excluding hydrogens is 296 g/mol. The van der Waals surface area contributed by atoms with Crippen molar-refractivity contribution < 1.29 is 8.78 Å². The van der Waals surface area contributed by atoms with E-state index in [2.05, 4.69) is 4.98 Å². The predicted molar refractivity (Wildman–Crippen MR) is 77.1 cm³/mol. The fourth-order valence-corrected chi connectivity index (χ4v) is 2.05. The van der Waals surface area contributed by atoms with E-state index in [1.54, 1.807) is 24.1 Å². The lowest BCUT2D eigenvalue weighted by Gasteiger charge is -2.26. The van der Waals surface area contributed by atoms with Crippen LogP contribution in [-0.2, 0) is 0 Å². The Morgan fingerprint density at radius 1 is 1.24 bits per heavy atom. The van der Waals surface area contributed by atoms with E-state index in [1.165, 1.54) is 6.07 Å². The molecule has 0 fully saturated rings. The Morgan fingerprint density at radius 3 is 2.57 bits per heavy atom. The van der Waals surface area contributed by atoms with Crippen molar-refractivity contribution in [1.82, 2.24) is 4.98 Å². The summed E-state index contributed by atoms with van der Waals surface area (Å²) in [6.07, 6.45) is 0. The van der Waals surface area contributed by atoms with Gasteiger partial charge in [-0.1, -0.05) is 17.7 Å². The molecule has 0 saturated heterocycles. The molecule has 0 aliphatic carbocycles. The van der Waals surface area contributed by atoms with Crippen molar-refractivity contribution >= 4 is 17.4 Å². The highest BCUT2D eigenvalue weighted by Gasteiger charge is 2.16. The predicted octanol–water partition coefficient (Wildman–Crippen LogP) is 4.08. The van der Waals surface area contributed by atoms with Crippen molar-refractivity contribution in [1.29, 1.82) is 5.26 Å². The highest BCUT2D eigenvalue weighted by molar-refractivity contribution is 6.31. The second kappa shape index (κ2) is 6.06. The van der Waals surface area contributed by atoms with Crippen molar-refractivity contribution in [3.8, 4) is 6.07 Å². The summed E-state index contributed by atoms with van der Waals surface area (Å²) < 4.78 is 26.3. The lowest BCUT2D eigenvalue weighted by atomic mass is 10.1. The minimum Gasteiger partial charge on any atom is -0.353 e. The van der Waals surface area contributed by atoms with Crippen LogP contribution in [0.25, 0.3) is 0 Å². The van der Waals surface area contributed by atoms with E-state index in [9.17, 15) is 8.78 Å². The molecule has 3 nitrogen and oxygen atoms in total. The summed E-state index contributed by atoms with van der Waals surface area (Å²) in [5.74, 6) is -1.26. The minimum absolute atomic E-state index is 0.124. The van der Waals surface area contributed by atoms with Crippen LogP contribution < -0.4 is 4.90 Å².